The summed E-state index contributed by atoms with van der Waals surface area (Å²) in [6.07, 6.45) is 0. The second-order valence-corrected chi connectivity index (χ2v) is 12.1. The molecule has 1 unspecified atom stereocenters. The lowest BCUT2D eigenvalue weighted by molar-refractivity contribution is -0.132. The van der Waals surface area contributed by atoms with Crippen molar-refractivity contribution in [2.24, 2.45) is 0 Å². The van der Waals surface area contributed by atoms with E-state index in [4.69, 9.17) is 42.1 Å². The standard InChI is InChI=1S/C29H16Cl2I2O6/c1-13-7-24-18(10-20(13)30)29(17-6-4-3-5-16(17)28(35)39-29)19-11-21(31)26(12-25(19)38-24)37-15-8-22(32)27(23(33)9-15)36-14(2)34/h3-12H,1-2H3. The Hall–Kier alpha value is -2.54. The number of rotatable bonds is 3. The topological polar surface area (TPSA) is 71.1 Å². The Morgan fingerprint density at radius 1 is 0.897 bits per heavy atom. The van der Waals surface area contributed by atoms with Crippen molar-refractivity contribution in [3.8, 4) is 28.7 Å². The SMILES string of the molecule is CC(=O)Oc1c(I)cc(Oc2cc3c(cc2Cl)C2(OC(=O)c4ccccc42)c2cc(Cl)c(C)cc2O3)cc1I. The third-order valence-corrected chi connectivity index (χ3v) is 8.80. The summed E-state index contributed by atoms with van der Waals surface area (Å²) in [7, 11) is 0. The number of halogens is 4. The molecule has 6 nitrogen and oxygen atoms in total. The zero-order valence-corrected chi connectivity index (χ0v) is 26.1. The van der Waals surface area contributed by atoms with Crippen molar-refractivity contribution >= 4 is 80.3 Å². The molecule has 1 spiro atoms. The molecule has 0 saturated carbocycles. The zero-order chi connectivity index (χ0) is 27.6. The van der Waals surface area contributed by atoms with Crippen molar-refractivity contribution in [3.63, 3.8) is 0 Å². The van der Waals surface area contributed by atoms with Crippen LogP contribution < -0.4 is 14.2 Å². The van der Waals surface area contributed by atoms with E-state index in [2.05, 4.69) is 45.2 Å². The Morgan fingerprint density at radius 2 is 1.54 bits per heavy atom. The minimum absolute atomic E-state index is 0.285. The number of carbonyl (C=O) groups excluding carboxylic acids is 2. The van der Waals surface area contributed by atoms with Gasteiger partial charge in [-0.1, -0.05) is 41.4 Å². The molecule has 4 aromatic carbocycles. The van der Waals surface area contributed by atoms with E-state index < -0.39 is 17.5 Å². The first-order valence-corrected chi connectivity index (χ1v) is 14.5. The van der Waals surface area contributed by atoms with Crippen LogP contribution in [0, 0.1) is 14.1 Å². The molecule has 10 heteroatoms. The van der Waals surface area contributed by atoms with Gasteiger partial charge in [-0.05, 0) is 94.1 Å². The molecule has 0 bridgehead atoms. The van der Waals surface area contributed by atoms with Gasteiger partial charge >= 0.3 is 11.9 Å². The number of fused-ring (bicyclic) bond motifs is 6. The number of benzene rings is 4. The third-order valence-electron chi connectivity index (χ3n) is 6.49. The van der Waals surface area contributed by atoms with Gasteiger partial charge in [0.25, 0.3) is 0 Å². The average Bonchev–Trinajstić information content (AvgIpc) is 3.17. The van der Waals surface area contributed by atoms with Gasteiger partial charge in [-0.2, -0.15) is 0 Å². The maximum absolute atomic E-state index is 13.1. The van der Waals surface area contributed by atoms with Gasteiger partial charge in [0.1, 0.15) is 23.0 Å². The fourth-order valence-corrected chi connectivity index (χ4v) is 7.13. The van der Waals surface area contributed by atoms with Crippen LogP contribution >= 0.6 is 68.4 Å². The fraction of sp³-hybridized carbons (Fsp3) is 0.103. The highest BCUT2D eigenvalue weighted by molar-refractivity contribution is 14.1. The molecule has 0 aliphatic carbocycles. The predicted octanol–water partition coefficient (Wildman–Crippen LogP) is 8.80. The van der Waals surface area contributed by atoms with Crippen LogP contribution in [0.1, 0.15) is 39.5 Å². The molecular formula is C29H16Cl2I2O6. The first kappa shape index (κ1) is 26.7. The number of aryl methyl sites for hydroxylation is 1. The summed E-state index contributed by atoms with van der Waals surface area (Å²) in [6.45, 7) is 3.23. The highest BCUT2D eigenvalue weighted by Gasteiger charge is 2.54. The molecule has 2 heterocycles. The molecule has 4 aromatic rings. The van der Waals surface area contributed by atoms with Crippen molar-refractivity contribution in [1.82, 2.24) is 0 Å². The Morgan fingerprint density at radius 3 is 2.23 bits per heavy atom. The average molecular weight is 785 g/mol. The van der Waals surface area contributed by atoms with Gasteiger partial charge < -0.3 is 18.9 Å². The summed E-state index contributed by atoms with van der Waals surface area (Å²) >= 11 is 17.5. The summed E-state index contributed by atoms with van der Waals surface area (Å²) < 4.78 is 25.4. The molecular weight excluding hydrogens is 769 g/mol. The molecule has 0 fully saturated rings. The Kier molecular flexibility index (Phi) is 6.72. The molecule has 196 valence electrons. The normalized spacial score (nSPS) is 16.6. The van der Waals surface area contributed by atoms with Crippen LogP contribution in [0.5, 0.6) is 28.7 Å². The Bertz CT molecular complexity index is 1710. The summed E-state index contributed by atoms with van der Waals surface area (Å²) in [5.41, 5.74) is 1.82. The quantitative estimate of drug-likeness (QED) is 0.118. The first-order chi connectivity index (χ1) is 18.6. The molecule has 2 aliphatic heterocycles. The van der Waals surface area contributed by atoms with E-state index in [0.29, 0.717) is 63.2 Å². The lowest BCUT2D eigenvalue weighted by Crippen LogP contribution is -2.33. The maximum atomic E-state index is 13.1. The van der Waals surface area contributed by atoms with E-state index >= 15 is 0 Å². The van der Waals surface area contributed by atoms with E-state index in [0.717, 1.165) is 5.56 Å². The van der Waals surface area contributed by atoms with Crippen molar-refractivity contribution < 1.29 is 28.5 Å². The summed E-state index contributed by atoms with van der Waals surface area (Å²) in [5.74, 6) is 1.37. The van der Waals surface area contributed by atoms with Crippen molar-refractivity contribution in [1.29, 1.82) is 0 Å². The van der Waals surface area contributed by atoms with Gasteiger partial charge in [0, 0.05) is 34.7 Å². The predicted molar refractivity (Wildman–Crippen MR) is 163 cm³/mol. The molecule has 0 radical (unpaired) electrons. The summed E-state index contributed by atoms with van der Waals surface area (Å²) in [4.78, 5) is 24.6. The van der Waals surface area contributed by atoms with Crippen LogP contribution in [0.2, 0.25) is 10.0 Å². The lowest BCUT2D eigenvalue weighted by atomic mass is 9.77. The number of esters is 2. The summed E-state index contributed by atoms with van der Waals surface area (Å²) in [5, 5.41) is 0.806. The number of hydrogen-bond acceptors (Lipinski definition) is 6. The Labute approximate surface area is 260 Å². The van der Waals surface area contributed by atoms with Gasteiger partial charge in [-0.3, -0.25) is 4.79 Å². The first-order valence-electron chi connectivity index (χ1n) is 11.6. The molecule has 6 rings (SSSR count). The van der Waals surface area contributed by atoms with Crippen molar-refractivity contribution in [3.05, 3.63) is 106 Å². The number of ether oxygens (including phenoxy) is 4. The van der Waals surface area contributed by atoms with Crippen LogP contribution in [-0.4, -0.2) is 11.9 Å². The van der Waals surface area contributed by atoms with Crippen LogP contribution in [0.25, 0.3) is 0 Å². The van der Waals surface area contributed by atoms with E-state index in [1.54, 1.807) is 42.5 Å². The molecule has 39 heavy (non-hydrogen) atoms. The second-order valence-electron chi connectivity index (χ2n) is 9.01. The van der Waals surface area contributed by atoms with E-state index in [-0.39, 0.29) is 5.02 Å². The fourth-order valence-electron chi connectivity index (χ4n) is 4.83. The van der Waals surface area contributed by atoms with Crippen LogP contribution in [0.15, 0.2) is 60.7 Å². The Balaban J connectivity index is 1.50. The van der Waals surface area contributed by atoms with E-state index in [1.807, 2.05) is 25.1 Å². The number of carbonyl (C=O) groups is 2. The van der Waals surface area contributed by atoms with Crippen LogP contribution in [-0.2, 0) is 15.1 Å². The minimum Gasteiger partial charge on any atom is -0.456 e. The smallest absolute Gasteiger partial charge is 0.340 e. The van der Waals surface area contributed by atoms with Crippen LogP contribution in [0.4, 0.5) is 0 Å². The molecule has 0 N–H and O–H groups in total. The van der Waals surface area contributed by atoms with E-state index in [9.17, 15) is 9.59 Å². The van der Waals surface area contributed by atoms with Gasteiger partial charge in [-0.15, -0.1) is 0 Å². The van der Waals surface area contributed by atoms with Gasteiger partial charge in [0.2, 0.25) is 0 Å². The molecule has 0 amide bonds. The van der Waals surface area contributed by atoms with Gasteiger partial charge in [0.15, 0.2) is 11.4 Å². The number of hydrogen-bond donors (Lipinski definition) is 0. The summed E-state index contributed by atoms with van der Waals surface area (Å²) in [6, 6.07) is 17.7. The van der Waals surface area contributed by atoms with Crippen molar-refractivity contribution in [2.45, 2.75) is 19.4 Å². The van der Waals surface area contributed by atoms with Gasteiger partial charge in [-0.25, -0.2) is 4.79 Å². The van der Waals surface area contributed by atoms with Crippen LogP contribution in [0.3, 0.4) is 0 Å². The highest BCUT2D eigenvalue weighted by Crippen LogP contribution is 2.58. The highest BCUT2D eigenvalue weighted by atomic mass is 127. The largest absolute Gasteiger partial charge is 0.456 e. The lowest BCUT2D eigenvalue weighted by Gasteiger charge is -2.37. The minimum atomic E-state index is -1.30. The maximum Gasteiger partial charge on any atom is 0.340 e. The van der Waals surface area contributed by atoms with Crippen molar-refractivity contribution in [2.75, 3.05) is 0 Å². The molecule has 0 saturated heterocycles. The zero-order valence-electron chi connectivity index (χ0n) is 20.2. The van der Waals surface area contributed by atoms with E-state index in [1.165, 1.54) is 6.92 Å². The second kappa shape index (κ2) is 9.83. The van der Waals surface area contributed by atoms with Gasteiger partial charge in [0.05, 0.1) is 17.7 Å². The monoisotopic (exact) mass is 784 g/mol. The third kappa shape index (κ3) is 4.36. The molecule has 1 atom stereocenters. The molecule has 0 aromatic heterocycles. The molecule has 2 aliphatic rings.